The minimum atomic E-state index is -0.355. The van der Waals surface area contributed by atoms with E-state index < -0.39 is 0 Å². The lowest BCUT2D eigenvalue weighted by Gasteiger charge is -2.28. The van der Waals surface area contributed by atoms with Crippen molar-refractivity contribution in [2.24, 2.45) is 0 Å². The fourth-order valence-electron chi connectivity index (χ4n) is 2.96. The van der Waals surface area contributed by atoms with Gasteiger partial charge in [0.05, 0.1) is 17.6 Å². The molecule has 2 amide bonds. The number of rotatable bonds is 5. The van der Waals surface area contributed by atoms with Crippen molar-refractivity contribution in [2.75, 3.05) is 23.4 Å². The molecule has 0 radical (unpaired) electrons. The Morgan fingerprint density at radius 1 is 1.43 bits per heavy atom. The van der Waals surface area contributed by atoms with Gasteiger partial charge in [-0.15, -0.1) is 17.9 Å². The average molecular weight is 395 g/mol. The molecule has 1 aliphatic heterocycles. The number of furan rings is 1. The highest BCUT2D eigenvalue weighted by molar-refractivity contribution is 7.16. The zero-order valence-corrected chi connectivity index (χ0v) is 15.9. The van der Waals surface area contributed by atoms with E-state index in [0.29, 0.717) is 23.1 Å². The lowest BCUT2D eigenvalue weighted by Crippen LogP contribution is -2.38. The summed E-state index contributed by atoms with van der Waals surface area (Å²) < 4.78 is 10.6. The van der Waals surface area contributed by atoms with Crippen LogP contribution in [-0.2, 0) is 4.79 Å². The molecule has 0 aliphatic carbocycles. The summed E-state index contributed by atoms with van der Waals surface area (Å²) >= 11 is 1.37. The van der Waals surface area contributed by atoms with Crippen molar-refractivity contribution >= 4 is 34.0 Å². The molecule has 0 unspecified atom stereocenters. The number of aryl methyl sites for hydroxylation is 1. The minimum absolute atomic E-state index is 0.0128. The van der Waals surface area contributed by atoms with Crippen LogP contribution in [-0.4, -0.2) is 29.9 Å². The fraction of sp³-hybridized carbons (Fsp3) is 0.150. The Morgan fingerprint density at radius 2 is 2.29 bits per heavy atom. The topological polar surface area (TPSA) is 84.7 Å². The van der Waals surface area contributed by atoms with Crippen LogP contribution in [0.4, 0.5) is 10.8 Å². The van der Waals surface area contributed by atoms with Crippen LogP contribution in [0.3, 0.4) is 0 Å². The maximum atomic E-state index is 12.2. The van der Waals surface area contributed by atoms with E-state index in [1.807, 2.05) is 25.1 Å². The number of nitrogens with zero attached hydrogens (tertiary/aromatic N) is 2. The summed E-state index contributed by atoms with van der Waals surface area (Å²) in [6.07, 6.45) is 3.12. The van der Waals surface area contributed by atoms with E-state index in [4.69, 9.17) is 9.15 Å². The zero-order valence-electron chi connectivity index (χ0n) is 15.1. The van der Waals surface area contributed by atoms with E-state index in [1.54, 1.807) is 23.1 Å². The second kappa shape index (κ2) is 7.32. The monoisotopic (exact) mass is 395 g/mol. The van der Waals surface area contributed by atoms with Gasteiger partial charge in [0, 0.05) is 17.0 Å². The Bertz CT molecular complexity index is 1060. The number of benzene rings is 1. The predicted octanol–water partition coefficient (Wildman–Crippen LogP) is 3.88. The van der Waals surface area contributed by atoms with Gasteiger partial charge in [-0.05, 0) is 37.3 Å². The molecule has 4 rings (SSSR count). The molecule has 1 aliphatic rings. The third-order valence-electron chi connectivity index (χ3n) is 4.25. The van der Waals surface area contributed by atoms with Crippen LogP contribution < -0.4 is 15.0 Å². The van der Waals surface area contributed by atoms with Crippen LogP contribution in [0.15, 0.2) is 53.7 Å². The Hall–Kier alpha value is -3.39. The van der Waals surface area contributed by atoms with Crippen molar-refractivity contribution in [2.45, 2.75) is 6.92 Å². The van der Waals surface area contributed by atoms with E-state index >= 15 is 0 Å². The summed E-state index contributed by atoms with van der Waals surface area (Å²) in [6.45, 7) is 6.06. The van der Waals surface area contributed by atoms with E-state index in [1.165, 1.54) is 17.6 Å². The highest BCUT2D eigenvalue weighted by Crippen LogP contribution is 2.38. The number of hydrogen-bond donors (Lipinski definition) is 1. The van der Waals surface area contributed by atoms with Crippen molar-refractivity contribution in [1.29, 1.82) is 0 Å². The SMILES string of the molecule is C=CCN1C(=O)COc2ccc(-c3nc(NC(=O)c4ccco4)sc3C)cc21. The molecule has 2 aromatic heterocycles. The Kier molecular flexibility index (Phi) is 4.70. The van der Waals surface area contributed by atoms with Gasteiger partial charge >= 0.3 is 0 Å². The Morgan fingerprint density at radius 3 is 3.04 bits per heavy atom. The van der Waals surface area contributed by atoms with Crippen LogP contribution in [0, 0.1) is 6.92 Å². The van der Waals surface area contributed by atoms with Crippen LogP contribution in [0.5, 0.6) is 5.75 Å². The normalized spacial score (nSPS) is 13.0. The molecule has 3 heterocycles. The highest BCUT2D eigenvalue weighted by atomic mass is 32.1. The lowest BCUT2D eigenvalue weighted by atomic mass is 10.1. The smallest absolute Gasteiger partial charge is 0.293 e. The van der Waals surface area contributed by atoms with Gasteiger partial charge in [0.2, 0.25) is 0 Å². The molecule has 142 valence electrons. The molecule has 0 bridgehead atoms. The first kappa shape index (κ1) is 18.0. The fourth-order valence-corrected chi connectivity index (χ4v) is 3.79. The van der Waals surface area contributed by atoms with Gasteiger partial charge in [-0.1, -0.05) is 6.08 Å². The standard InChI is InChI=1S/C20H17N3O4S/c1-3-8-23-14-10-13(6-7-15(14)27-11-17(23)24)18-12(2)28-20(21-18)22-19(25)16-5-4-9-26-16/h3-7,9-10H,1,8,11H2,2H3,(H,21,22,25). The first-order valence-electron chi connectivity index (χ1n) is 8.57. The number of fused-ring (bicyclic) bond motifs is 1. The molecule has 0 atom stereocenters. The number of anilines is 2. The summed E-state index contributed by atoms with van der Waals surface area (Å²) in [5, 5.41) is 3.22. The summed E-state index contributed by atoms with van der Waals surface area (Å²) in [5.41, 5.74) is 2.25. The molecule has 0 fully saturated rings. The van der Waals surface area contributed by atoms with Crippen LogP contribution in [0.25, 0.3) is 11.3 Å². The summed E-state index contributed by atoms with van der Waals surface area (Å²) in [6, 6.07) is 8.83. The van der Waals surface area contributed by atoms with Gasteiger partial charge < -0.3 is 14.1 Å². The molecular formula is C20H17N3O4S. The van der Waals surface area contributed by atoms with Crippen molar-refractivity contribution < 1.29 is 18.7 Å². The van der Waals surface area contributed by atoms with E-state index in [0.717, 1.165) is 16.1 Å². The highest BCUT2D eigenvalue weighted by Gasteiger charge is 2.25. The molecule has 8 heteroatoms. The average Bonchev–Trinajstić information content (AvgIpc) is 3.34. The molecule has 1 aromatic carbocycles. The summed E-state index contributed by atoms with van der Waals surface area (Å²) in [7, 11) is 0. The third kappa shape index (κ3) is 3.29. The lowest BCUT2D eigenvalue weighted by molar-refractivity contribution is -0.121. The van der Waals surface area contributed by atoms with Crippen molar-refractivity contribution in [3.05, 3.63) is 59.9 Å². The number of nitrogens with one attached hydrogen (secondary N) is 1. The van der Waals surface area contributed by atoms with Gasteiger partial charge in [0.1, 0.15) is 5.75 Å². The number of aromatic nitrogens is 1. The van der Waals surface area contributed by atoms with Crippen LogP contribution in [0.1, 0.15) is 15.4 Å². The number of carbonyl (C=O) groups is 2. The van der Waals surface area contributed by atoms with Crippen molar-refractivity contribution in [3.8, 4) is 17.0 Å². The number of ether oxygens (including phenoxy) is 1. The molecule has 7 nitrogen and oxygen atoms in total. The van der Waals surface area contributed by atoms with E-state index in [-0.39, 0.29) is 24.2 Å². The molecular weight excluding hydrogens is 378 g/mol. The number of amides is 2. The second-order valence-corrected chi connectivity index (χ2v) is 7.32. The number of carbonyl (C=O) groups excluding carboxylic acids is 2. The minimum Gasteiger partial charge on any atom is -0.482 e. The molecule has 1 N–H and O–H groups in total. The maximum absolute atomic E-state index is 12.2. The quantitative estimate of drug-likeness (QED) is 0.663. The van der Waals surface area contributed by atoms with Crippen LogP contribution >= 0.6 is 11.3 Å². The largest absolute Gasteiger partial charge is 0.482 e. The Balaban J connectivity index is 1.65. The number of thiazole rings is 1. The summed E-state index contributed by atoms with van der Waals surface area (Å²) in [5.74, 6) is 0.390. The molecule has 0 saturated carbocycles. The van der Waals surface area contributed by atoms with Gasteiger partial charge in [-0.3, -0.25) is 14.9 Å². The molecule has 0 spiro atoms. The van der Waals surface area contributed by atoms with Gasteiger partial charge in [-0.2, -0.15) is 0 Å². The van der Waals surface area contributed by atoms with Crippen LogP contribution in [0.2, 0.25) is 0 Å². The first-order chi connectivity index (χ1) is 13.6. The first-order valence-corrected chi connectivity index (χ1v) is 9.39. The second-order valence-electron chi connectivity index (χ2n) is 6.12. The van der Waals surface area contributed by atoms with E-state index in [2.05, 4.69) is 16.9 Å². The molecule has 3 aromatic rings. The van der Waals surface area contributed by atoms with Gasteiger partial charge in [0.25, 0.3) is 11.8 Å². The van der Waals surface area contributed by atoms with Crippen molar-refractivity contribution in [1.82, 2.24) is 4.98 Å². The summed E-state index contributed by atoms with van der Waals surface area (Å²) in [4.78, 5) is 31.5. The molecule has 28 heavy (non-hydrogen) atoms. The van der Waals surface area contributed by atoms with Gasteiger partial charge in [-0.25, -0.2) is 4.98 Å². The third-order valence-corrected chi connectivity index (χ3v) is 5.14. The zero-order chi connectivity index (χ0) is 19.7. The maximum Gasteiger partial charge on any atom is 0.293 e. The van der Waals surface area contributed by atoms with E-state index in [9.17, 15) is 9.59 Å². The molecule has 0 saturated heterocycles. The number of hydrogen-bond acceptors (Lipinski definition) is 6. The van der Waals surface area contributed by atoms with Gasteiger partial charge in [0.15, 0.2) is 17.5 Å². The van der Waals surface area contributed by atoms with Crippen molar-refractivity contribution in [3.63, 3.8) is 0 Å². The Labute approximate surface area is 165 Å². The predicted molar refractivity (Wildman–Crippen MR) is 107 cm³/mol.